The molecule has 1 fully saturated rings. The topological polar surface area (TPSA) is 51.2 Å². The summed E-state index contributed by atoms with van der Waals surface area (Å²) in [6.07, 6.45) is 5.10. The Morgan fingerprint density at radius 3 is 3.06 bits per heavy atom. The maximum Gasteiger partial charge on any atom is 0.226 e. The molecule has 0 unspecified atom stereocenters. The summed E-state index contributed by atoms with van der Waals surface area (Å²) in [6.45, 7) is 0.523. The summed E-state index contributed by atoms with van der Waals surface area (Å²) in [5.74, 6) is 0.0890. The third-order valence-electron chi connectivity index (χ3n) is 2.93. The average Bonchev–Trinajstić information content (AvgIpc) is 2.91. The zero-order valence-corrected chi connectivity index (χ0v) is 10.9. The molecule has 1 aromatic rings. The van der Waals surface area contributed by atoms with Crippen LogP contribution in [0.5, 0.6) is 0 Å². The van der Waals surface area contributed by atoms with Crippen LogP contribution in [0.4, 0.5) is 0 Å². The highest BCUT2D eigenvalue weighted by molar-refractivity contribution is 7.09. The van der Waals surface area contributed by atoms with Crippen molar-refractivity contribution in [3.63, 3.8) is 0 Å². The van der Waals surface area contributed by atoms with Gasteiger partial charge in [0.1, 0.15) is 5.01 Å². The normalized spacial score (nSPS) is 16.3. The standard InChI is InChI=1S/C12H18N2O2S/c1-16-7-12-14-10(8-17-12)6-11(15)13-9-4-2-3-5-9/h8-9H,2-7H2,1H3,(H,13,15). The lowest BCUT2D eigenvalue weighted by molar-refractivity contribution is -0.121. The van der Waals surface area contributed by atoms with Crippen molar-refractivity contribution in [3.05, 3.63) is 16.1 Å². The van der Waals surface area contributed by atoms with Gasteiger partial charge < -0.3 is 10.1 Å². The molecule has 0 atom stereocenters. The van der Waals surface area contributed by atoms with Crippen LogP contribution >= 0.6 is 11.3 Å². The summed E-state index contributed by atoms with van der Waals surface area (Å²) in [7, 11) is 1.65. The van der Waals surface area contributed by atoms with Gasteiger partial charge in [0.05, 0.1) is 18.7 Å². The Bertz CT molecular complexity index is 372. The van der Waals surface area contributed by atoms with E-state index in [1.165, 1.54) is 12.8 Å². The molecule has 0 radical (unpaired) electrons. The second kappa shape index (κ2) is 6.12. The Hall–Kier alpha value is -0.940. The quantitative estimate of drug-likeness (QED) is 0.873. The summed E-state index contributed by atoms with van der Waals surface area (Å²) < 4.78 is 5.00. The molecule has 0 spiro atoms. The second-order valence-electron chi connectivity index (χ2n) is 4.39. The van der Waals surface area contributed by atoms with Crippen molar-refractivity contribution in [2.24, 2.45) is 0 Å². The Morgan fingerprint density at radius 1 is 1.59 bits per heavy atom. The van der Waals surface area contributed by atoms with Gasteiger partial charge in [-0.3, -0.25) is 4.79 Å². The third kappa shape index (κ3) is 3.78. The molecule has 1 saturated carbocycles. The van der Waals surface area contributed by atoms with Crippen LogP contribution in [-0.2, 0) is 22.6 Å². The lowest BCUT2D eigenvalue weighted by Gasteiger charge is -2.10. The number of ether oxygens (including phenoxy) is 1. The van der Waals surface area contributed by atoms with E-state index in [1.807, 2.05) is 5.38 Å². The number of methoxy groups -OCH3 is 1. The first-order valence-corrected chi connectivity index (χ1v) is 6.87. The molecule has 1 N–H and O–H groups in total. The second-order valence-corrected chi connectivity index (χ2v) is 5.33. The molecule has 94 valence electrons. The fourth-order valence-corrected chi connectivity index (χ4v) is 2.90. The summed E-state index contributed by atoms with van der Waals surface area (Å²) in [5, 5.41) is 5.92. The highest BCUT2D eigenvalue weighted by atomic mass is 32.1. The number of hydrogen-bond acceptors (Lipinski definition) is 4. The van der Waals surface area contributed by atoms with Crippen LogP contribution in [0.3, 0.4) is 0 Å². The Balaban J connectivity index is 1.80. The number of thiazole rings is 1. The molecule has 17 heavy (non-hydrogen) atoms. The number of amides is 1. The first-order valence-electron chi connectivity index (χ1n) is 5.99. The van der Waals surface area contributed by atoms with Crippen molar-refractivity contribution in [2.75, 3.05) is 7.11 Å². The van der Waals surface area contributed by atoms with Gasteiger partial charge in [0, 0.05) is 18.5 Å². The van der Waals surface area contributed by atoms with Crippen LogP contribution < -0.4 is 5.32 Å². The lowest BCUT2D eigenvalue weighted by atomic mass is 10.2. The van der Waals surface area contributed by atoms with E-state index in [0.29, 0.717) is 19.1 Å². The van der Waals surface area contributed by atoms with Crippen LogP contribution in [0, 0.1) is 0 Å². The molecule has 0 bridgehead atoms. The molecule has 1 amide bonds. The molecule has 0 aromatic carbocycles. The Kier molecular flexibility index (Phi) is 4.50. The SMILES string of the molecule is COCc1nc(CC(=O)NC2CCCC2)cs1. The fourth-order valence-electron chi connectivity index (χ4n) is 2.13. The number of hydrogen-bond donors (Lipinski definition) is 1. The number of carbonyl (C=O) groups excluding carboxylic acids is 1. The van der Waals surface area contributed by atoms with E-state index in [-0.39, 0.29) is 5.91 Å². The van der Waals surface area contributed by atoms with Crippen LogP contribution in [0.15, 0.2) is 5.38 Å². The molecule has 1 aliphatic carbocycles. The minimum atomic E-state index is 0.0890. The van der Waals surface area contributed by atoms with Crippen molar-refractivity contribution in [3.8, 4) is 0 Å². The van der Waals surface area contributed by atoms with Gasteiger partial charge in [0.25, 0.3) is 0 Å². The first-order chi connectivity index (χ1) is 8.28. The largest absolute Gasteiger partial charge is 0.378 e. The van der Waals surface area contributed by atoms with Crippen LogP contribution in [-0.4, -0.2) is 24.0 Å². The van der Waals surface area contributed by atoms with Gasteiger partial charge in [-0.2, -0.15) is 0 Å². The van der Waals surface area contributed by atoms with Gasteiger partial charge in [0.15, 0.2) is 0 Å². The van der Waals surface area contributed by atoms with E-state index >= 15 is 0 Å². The number of carbonyl (C=O) groups is 1. The molecular formula is C12H18N2O2S. The van der Waals surface area contributed by atoms with Crippen molar-refractivity contribution < 1.29 is 9.53 Å². The van der Waals surface area contributed by atoms with Gasteiger partial charge in [-0.25, -0.2) is 4.98 Å². The average molecular weight is 254 g/mol. The monoisotopic (exact) mass is 254 g/mol. The van der Waals surface area contributed by atoms with Crippen molar-refractivity contribution in [2.45, 2.75) is 44.8 Å². The van der Waals surface area contributed by atoms with E-state index in [0.717, 1.165) is 23.5 Å². The highest BCUT2D eigenvalue weighted by Gasteiger charge is 2.17. The van der Waals surface area contributed by atoms with Gasteiger partial charge in [0.2, 0.25) is 5.91 Å². The molecule has 2 rings (SSSR count). The summed E-state index contributed by atoms with van der Waals surface area (Å²) in [5.41, 5.74) is 0.845. The van der Waals surface area contributed by atoms with E-state index in [1.54, 1.807) is 18.4 Å². The van der Waals surface area contributed by atoms with Gasteiger partial charge in [-0.15, -0.1) is 11.3 Å². The summed E-state index contributed by atoms with van der Waals surface area (Å²) in [6, 6.07) is 0.389. The number of nitrogens with one attached hydrogen (secondary N) is 1. The van der Waals surface area contributed by atoms with E-state index in [2.05, 4.69) is 10.3 Å². The third-order valence-corrected chi connectivity index (χ3v) is 3.80. The van der Waals surface area contributed by atoms with Crippen LogP contribution in [0.25, 0.3) is 0 Å². The fraction of sp³-hybridized carbons (Fsp3) is 0.667. The van der Waals surface area contributed by atoms with Crippen LogP contribution in [0.1, 0.15) is 36.4 Å². The van der Waals surface area contributed by atoms with Crippen molar-refractivity contribution in [1.82, 2.24) is 10.3 Å². The minimum absolute atomic E-state index is 0.0890. The summed E-state index contributed by atoms with van der Waals surface area (Å²) in [4.78, 5) is 16.1. The zero-order chi connectivity index (χ0) is 12.1. The number of nitrogens with zero attached hydrogens (tertiary/aromatic N) is 1. The first kappa shape index (κ1) is 12.5. The maximum absolute atomic E-state index is 11.8. The molecular weight excluding hydrogens is 236 g/mol. The van der Waals surface area contributed by atoms with E-state index in [4.69, 9.17) is 4.74 Å². The Labute approximate surface area is 105 Å². The highest BCUT2D eigenvalue weighted by Crippen LogP contribution is 2.18. The van der Waals surface area contributed by atoms with Crippen LogP contribution in [0.2, 0.25) is 0 Å². The lowest BCUT2D eigenvalue weighted by Crippen LogP contribution is -2.33. The molecule has 0 aliphatic heterocycles. The predicted molar refractivity (Wildman–Crippen MR) is 66.9 cm³/mol. The zero-order valence-electron chi connectivity index (χ0n) is 10.1. The molecule has 1 aromatic heterocycles. The number of aromatic nitrogens is 1. The van der Waals surface area contributed by atoms with Crippen molar-refractivity contribution in [1.29, 1.82) is 0 Å². The van der Waals surface area contributed by atoms with Gasteiger partial charge >= 0.3 is 0 Å². The molecule has 4 nitrogen and oxygen atoms in total. The molecule has 1 heterocycles. The van der Waals surface area contributed by atoms with Gasteiger partial charge in [-0.05, 0) is 12.8 Å². The van der Waals surface area contributed by atoms with Crippen molar-refractivity contribution >= 4 is 17.2 Å². The molecule has 5 heteroatoms. The summed E-state index contributed by atoms with van der Waals surface area (Å²) >= 11 is 1.54. The predicted octanol–water partition coefficient (Wildman–Crippen LogP) is 1.89. The van der Waals surface area contributed by atoms with Gasteiger partial charge in [-0.1, -0.05) is 12.8 Å². The number of rotatable bonds is 5. The molecule has 0 saturated heterocycles. The minimum Gasteiger partial charge on any atom is -0.378 e. The Morgan fingerprint density at radius 2 is 2.35 bits per heavy atom. The van der Waals surface area contributed by atoms with E-state index < -0.39 is 0 Å². The maximum atomic E-state index is 11.8. The van der Waals surface area contributed by atoms with E-state index in [9.17, 15) is 4.79 Å². The molecule has 1 aliphatic rings. The smallest absolute Gasteiger partial charge is 0.226 e.